The lowest BCUT2D eigenvalue weighted by molar-refractivity contribution is 0.0526. The summed E-state index contributed by atoms with van der Waals surface area (Å²) in [6.07, 6.45) is 0. The van der Waals surface area contributed by atoms with Crippen LogP contribution in [0.3, 0.4) is 0 Å². The van der Waals surface area contributed by atoms with E-state index in [2.05, 4.69) is 15.8 Å². The molecule has 0 aliphatic heterocycles. The summed E-state index contributed by atoms with van der Waals surface area (Å²) >= 11 is 0. The number of ether oxygens (including phenoxy) is 1. The lowest BCUT2D eigenvalue weighted by Crippen LogP contribution is -2.34. The van der Waals surface area contributed by atoms with E-state index < -0.39 is 12.0 Å². The molecule has 7 nitrogen and oxygen atoms in total. The molecule has 1 rings (SSSR count). The van der Waals surface area contributed by atoms with Crippen molar-refractivity contribution in [3.8, 4) is 0 Å². The van der Waals surface area contributed by atoms with Crippen LogP contribution in [0, 0.1) is 6.92 Å². The van der Waals surface area contributed by atoms with E-state index in [-0.39, 0.29) is 24.1 Å². The number of hydrogen-bond donors (Lipinski definition) is 2. The van der Waals surface area contributed by atoms with E-state index in [0.717, 1.165) is 0 Å². The van der Waals surface area contributed by atoms with Crippen molar-refractivity contribution in [3.05, 3.63) is 11.3 Å². The van der Waals surface area contributed by atoms with Crippen molar-refractivity contribution in [3.63, 3.8) is 0 Å². The van der Waals surface area contributed by atoms with Crippen LogP contribution in [0.4, 0.5) is 10.7 Å². The smallest absolute Gasteiger partial charge is 0.345 e. The summed E-state index contributed by atoms with van der Waals surface area (Å²) in [6, 6.07) is -0.494. The molecule has 2 N–H and O–H groups in total. The van der Waals surface area contributed by atoms with Crippen LogP contribution >= 0.6 is 0 Å². The third-order valence-corrected chi connectivity index (χ3v) is 1.99. The second-order valence-electron chi connectivity index (χ2n) is 3.95. The number of urea groups is 1. The van der Waals surface area contributed by atoms with Crippen LogP contribution in [0.2, 0.25) is 0 Å². The predicted molar refractivity (Wildman–Crippen MR) is 64.5 cm³/mol. The fourth-order valence-electron chi connectivity index (χ4n) is 1.30. The molecule has 18 heavy (non-hydrogen) atoms. The molecule has 0 saturated carbocycles. The van der Waals surface area contributed by atoms with E-state index in [0.29, 0.717) is 5.69 Å². The van der Waals surface area contributed by atoms with E-state index in [4.69, 9.17) is 9.26 Å². The van der Waals surface area contributed by atoms with Gasteiger partial charge >= 0.3 is 12.0 Å². The number of amides is 2. The number of esters is 1. The van der Waals surface area contributed by atoms with Crippen LogP contribution in [-0.2, 0) is 4.74 Å². The summed E-state index contributed by atoms with van der Waals surface area (Å²) in [5, 5.41) is 8.66. The lowest BCUT2D eigenvalue weighted by atomic mass is 10.2. The Kier molecular flexibility index (Phi) is 4.70. The van der Waals surface area contributed by atoms with Crippen LogP contribution in [0.25, 0.3) is 0 Å². The van der Waals surface area contributed by atoms with E-state index in [1.807, 2.05) is 13.8 Å². The second kappa shape index (κ2) is 6.04. The minimum Gasteiger partial charge on any atom is -0.462 e. The summed E-state index contributed by atoms with van der Waals surface area (Å²) in [4.78, 5) is 23.2. The highest BCUT2D eigenvalue weighted by molar-refractivity contribution is 5.99. The first-order chi connectivity index (χ1) is 8.45. The van der Waals surface area contributed by atoms with Crippen molar-refractivity contribution in [1.29, 1.82) is 0 Å². The van der Waals surface area contributed by atoms with Crippen LogP contribution in [0.5, 0.6) is 0 Å². The minimum absolute atomic E-state index is 0.0101. The van der Waals surface area contributed by atoms with E-state index in [9.17, 15) is 9.59 Å². The molecule has 0 unspecified atom stereocenters. The molecule has 0 bridgehead atoms. The third kappa shape index (κ3) is 3.47. The fourth-order valence-corrected chi connectivity index (χ4v) is 1.30. The molecule has 0 aromatic carbocycles. The molecule has 1 heterocycles. The number of rotatable bonds is 4. The standard InChI is InChI=1S/C11H17N3O4/c1-5-17-10(15)8-7(4)14-18-9(8)13-11(16)12-6(2)3/h6H,5H2,1-4H3,(H2,12,13,16). The van der Waals surface area contributed by atoms with Crippen LogP contribution in [0.1, 0.15) is 36.8 Å². The molecule has 0 atom stereocenters. The summed E-state index contributed by atoms with van der Waals surface area (Å²) in [5.41, 5.74) is 0.504. The van der Waals surface area contributed by atoms with E-state index >= 15 is 0 Å². The van der Waals surface area contributed by atoms with Gasteiger partial charge in [0.25, 0.3) is 0 Å². The van der Waals surface area contributed by atoms with Gasteiger partial charge in [0.1, 0.15) is 5.56 Å². The monoisotopic (exact) mass is 255 g/mol. The second-order valence-corrected chi connectivity index (χ2v) is 3.95. The highest BCUT2D eigenvalue weighted by atomic mass is 16.5. The molecule has 7 heteroatoms. The normalized spacial score (nSPS) is 10.3. The zero-order chi connectivity index (χ0) is 13.7. The molecule has 0 fully saturated rings. The number of aromatic nitrogens is 1. The van der Waals surface area contributed by atoms with Gasteiger partial charge in [0, 0.05) is 6.04 Å². The van der Waals surface area contributed by atoms with Crippen molar-refractivity contribution in [2.45, 2.75) is 33.7 Å². The first-order valence-electron chi connectivity index (χ1n) is 5.66. The number of carbonyl (C=O) groups is 2. The SMILES string of the molecule is CCOC(=O)c1c(C)noc1NC(=O)NC(C)C. The van der Waals surface area contributed by atoms with Crippen LogP contribution < -0.4 is 10.6 Å². The molecule has 0 aliphatic carbocycles. The van der Waals surface area contributed by atoms with Crippen molar-refractivity contribution in [2.75, 3.05) is 11.9 Å². The molecule has 0 aliphatic rings. The Morgan fingerprint density at radius 2 is 2.11 bits per heavy atom. The van der Waals surface area contributed by atoms with Gasteiger partial charge in [-0.3, -0.25) is 5.32 Å². The average Bonchev–Trinajstić information content (AvgIpc) is 2.58. The van der Waals surface area contributed by atoms with Crippen molar-refractivity contribution < 1.29 is 18.8 Å². The number of anilines is 1. The lowest BCUT2D eigenvalue weighted by Gasteiger charge is -2.08. The number of hydrogen-bond acceptors (Lipinski definition) is 5. The number of nitrogens with zero attached hydrogens (tertiary/aromatic N) is 1. The Morgan fingerprint density at radius 3 is 2.67 bits per heavy atom. The van der Waals surface area contributed by atoms with Crippen molar-refractivity contribution >= 4 is 17.9 Å². The van der Waals surface area contributed by atoms with E-state index in [1.54, 1.807) is 13.8 Å². The molecule has 100 valence electrons. The first kappa shape index (κ1) is 14.0. The molecule has 1 aromatic rings. The average molecular weight is 255 g/mol. The van der Waals surface area contributed by atoms with Gasteiger partial charge in [0.05, 0.1) is 12.3 Å². The minimum atomic E-state index is -0.573. The summed E-state index contributed by atoms with van der Waals surface area (Å²) in [6.45, 7) is 7.16. The molecular weight excluding hydrogens is 238 g/mol. The molecule has 0 spiro atoms. The maximum absolute atomic E-state index is 11.7. The quantitative estimate of drug-likeness (QED) is 0.798. The Balaban J connectivity index is 2.83. The van der Waals surface area contributed by atoms with Gasteiger partial charge in [-0.1, -0.05) is 5.16 Å². The zero-order valence-electron chi connectivity index (χ0n) is 10.9. The summed E-state index contributed by atoms with van der Waals surface area (Å²) < 4.78 is 9.75. The summed E-state index contributed by atoms with van der Waals surface area (Å²) in [5.74, 6) is -0.583. The van der Waals surface area contributed by atoms with Crippen LogP contribution in [0.15, 0.2) is 4.52 Å². The largest absolute Gasteiger partial charge is 0.462 e. The van der Waals surface area contributed by atoms with E-state index in [1.165, 1.54) is 0 Å². The van der Waals surface area contributed by atoms with Crippen LogP contribution in [-0.4, -0.2) is 29.8 Å². The van der Waals surface area contributed by atoms with Crippen molar-refractivity contribution in [2.24, 2.45) is 0 Å². The molecule has 2 amide bonds. The Labute approximate surface area is 105 Å². The number of carbonyl (C=O) groups excluding carboxylic acids is 2. The third-order valence-electron chi connectivity index (χ3n) is 1.99. The molecule has 0 radical (unpaired) electrons. The van der Waals surface area contributed by atoms with Gasteiger partial charge in [-0.15, -0.1) is 0 Å². The van der Waals surface area contributed by atoms with Gasteiger partial charge in [0.2, 0.25) is 5.88 Å². The maximum atomic E-state index is 11.7. The maximum Gasteiger partial charge on any atom is 0.345 e. The Bertz CT molecular complexity index is 439. The van der Waals surface area contributed by atoms with Gasteiger partial charge in [-0.2, -0.15) is 0 Å². The fraction of sp³-hybridized carbons (Fsp3) is 0.545. The van der Waals surface area contributed by atoms with Gasteiger partial charge in [-0.05, 0) is 27.7 Å². The highest BCUT2D eigenvalue weighted by Crippen LogP contribution is 2.20. The Hall–Kier alpha value is -2.05. The number of nitrogens with one attached hydrogen (secondary N) is 2. The molecule has 0 saturated heterocycles. The summed E-state index contributed by atoms with van der Waals surface area (Å²) in [7, 11) is 0. The Morgan fingerprint density at radius 1 is 1.44 bits per heavy atom. The number of aryl methyl sites for hydroxylation is 1. The van der Waals surface area contributed by atoms with Gasteiger partial charge < -0.3 is 14.6 Å². The van der Waals surface area contributed by atoms with Gasteiger partial charge in [0.15, 0.2) is 0 Å². The first-order valence-corrected chi connectivity index (χ1v) is 5.66. The van der Waals surface area contributed by atoms with Crippen molar-refractivity contribution in [1.82, 2.24) is 10.5 Å². The molecular formula is C11H17N3O4. The topological polar surface area (TPSA) is 93.5 Å². The highest BCUT2D eigenvalue weighted by Gasteiger charge is 2.23. The van der Waals surface area contributed by atoms with Gasteiger partial charge in [-0.25, -0.2) is 9.59 Å². The predicted octanol–water partition coefficient (Wildman–Crippen LogP) is 1.69. The zero-order valence-corrected chi connectivity index (χ0v) is 10.9. The molecule has 1 aromatic heterocycles.